The summed E-state index contributed by atoms with van der Waals surface area (Å²) in [4.78, 5) is 1.12. The Morgan fingerprint density at radius 2 is 1.81 bits per heavy atom. The number of benzene rings is 2. The molecule has 2 aromatic carbocycles. The normalized spacial score (nSPS) is 13.3. The molecular weight excluding hydrogens is 390 g/mol. The molecule has 0 bridgehead atoms. The first-order valence-corrected chi connectivity index (χ1v) is 10.6. The average Bonchev–Trinajstić information content (AvgIpc) is 2.96. The van der Waals surface area contributed by atoms with Crippen molar-refractivity contribution in [2.24, 2.45) is 0 Å². The maximum absolute atomic E-state index is 13.4. The van der Waals surface area contributed by atoms with Gasteiger partial charge in [-0.25, -0.2) is 8.42 Å². The lowest BCUT2D eigenvalue weighted by molar-refractivity contribution is 0.414. The molecule has 1 aromatic heterocycles. The lowest BCUT2D eigenvalue weighted by Crippen LogP contribution is -2.33. The average molecular weight is 406 g/mol. The van der Waals surface area contributed by atoms with Gasteiger partial charge in [0.25, 0.3) is 10.0 Å². The highest BCUT2D eigenvalue weighted by Crippen LogP contribution is 2.50. The number of hydrogen-bond donors (Lipinski definition) is 0. The van der Waals surface area contributed by atoms with E-state index in [1.807, 2.05) is 31.2 Å². The minimum Gasteiger partial charge on any atom is -0.497 e. The van der Waals surface area contributed by atoms with Gasteiger partial charge in [-0.1, -0.05) is 35.9 Å². The number of fused-ring (bicyclic) bond motifs is 3. The molecule has 134 valence electrons. The van der Waals surface area contributed by atoms with E-state index in [0.29, 0.717) is 15.8 Å². The second kappa shape index (κ2) is 6.30. The Labute approximate surface area is 161 Å². The summed E-state index contributed by atoms with van der Waals surface area (Å²) in [7, 11) is -2.18. The third kappa shape index (κ3) is 2.60. The lowest BCUT2D eigenvalue weighted by Gasteiger charge is -2.30. The van der Waals surface area contributed by atoms with Crippen molar-refractivity contribution < 1.29 is 13.2 Å². The van der Waals surface area contributed by atoms with Crippen molar-refractivity contribution in [2.75, 3.05) is 11.4 Å². The summed E-state index contributed by atoms with van der Waals surface area (Å²) in [5.74, 6) is 0.614. The summed E-state index contributed by atoms with van der Waals surface area (Å²) in [6.07, 6.45) is 0. The van der Waals surface area contributed by atoms with Gasteiger partial charge in [-0.2, -0.15) is 0 Å². The molecule has 0 unspecified atom stereocenters. The van der Waals surface area contributed by atoms with E-state index in [-0.39, 0.29) is 11.4 Å². The molecule has 0 aliphatic carbocycles. The molecule has 1 aliphatic heterocycles. The Morgan fingerprint density at radius 3 is 2.50 bits per heavy atom. The van der Waals surface area contributed by atoms with E-state index in [9.17, 15) is 8.42 Å². The third-order valence-corrected chi connectivity index (χ3v) is 7.91. The predicted octanol–water partition coefficient (Wildman–Crippen LogP) is 5.09. The lowest BCUT2D eigenvalue weighted by atomic mass is 10.0. The van der Waals surface area contributed by atoms with Gasteiger partial charge in [0, 0.05) is 5.56 Å². The topological polar surface area (TPSA) is 46.6 Å². The van der Waals surface area contributed by atoms with Crippen molar-refractivity contribution in [3.05, 3.63) is 64.0 Å². The van der Waals surface area contributed by atoms with Crippen molar-refractivity contribution in [1.29, 1.82) is 0 Å². The van der Waals surface area contributed by atoms with Crippen LogP contribution in [0.1, 0.15) is 11.1 Å². The molecule has 0 spiro atoms. The van der Waals surface area contributed by atoms with E-state index < -0.39 is 10.0 Å². The second-order valence-electron chi connectivity index (χ2n) is 6.02. The highest BCUT2D eigenvalue weighted by Gasteiger charge is 2.35. The molecule has 4 nitrogen and oxygen atoms in total. The van der Waals surface area contributed by atoms with Gasteiger partial charge in [0.05, 0.1) is 33.5 Å². The largest absolute Gasteiger partial charge is 0.497 e. The van der Waals surface area contributed by atoms with E-state index in [1.165, 1.54) is 15.6 Å². The fourth-order valence-electron chi connectivity index (χ4n) is 3.15. The SMILES string of the molecule is COc1ccc(S(=O)(=O)N2Cc3ccccc3-c3sc(Cl)c(C)c32)cc1. The van der Waals surface area contributed by atoms with Crippen molar-refractivity contribution in [3.8, 4) is 16.2 Å². The number of methoxy groups -OCH3 is 1. The summed E-state index contributed by atoms with van der Waals surface area (Å²) < 4.78 is 33.9. The number of anilines is 1. The molecule has 26 heavy (non-hydrogen) atoms. The van der Waals surface area contributed by atoms with Crippen molar-refractivity contribution in [2.45, 2.75) is 18.4 Å². The standard InChI is InChI=1S/C19H16ClNO3S2/c1-12-17-18(25-19(12)20)16-6-4-3-5-13(16)11-21(17)26(22,23)15-9-7-14(24-2)8-10-15/h3-10H,11H2,1-2H3. The molecule has 0 fully saturated rings. The van der Waals surface area contributed by atoms with E-state index in [2.05, 4.69) is 0 Å². The van der Waals surface area contributed by atoms with E-state index >= 15 is 0 Å². The molecule has 0 amide bonds. The second-order valence-corrected chi connectivity index (χ2v) is 9.51. The molecule has 7 heteroatoms. The first kappa shape index (κ1) is 17.4. The van der Waals surface area contributed by atoms with Crippen LogP contribution in [0.5, 0.6) is 5.75 Å². The van der Waals surface area contributed by atoms with Gasteiger partial charge >= 0.3 is 0 Å². The number of nitrogens with zero attached hydrogens (tertiary/aromatic N) is 1. The number of thiophene rings is 1. The summed E-state index contributed by atoms with van der Waals surface area (Å²) >= 11 is 7.79. The van der Waals surface area contributed by atoms with Crippen LogP contribution in [0.4, 0.5) is 5.69 Å². The van der Waals surface area contributed by atoms with Gasteiger partial charge < -0.3 is 4.74 Å². The minimum atomic E-state index is -3.73. The summed E-state index contributed by atoms with van der Waals surface area (Å²) in [5, 5.41) is 0. The van der Waals surface area contributed by atoms with Crippen LogP contribution in [0, 0.1) is 6.92 Å². The van der Waals surface area contributed by atoms with Crippen molar-refractivity contribution >= 4 is 38.6 Å². The predicted molar refractivity (Wildman–Crippen MR) is 106 cm³/mol. The quantitative estimate of drug-likeness (QED) is 0.609. The molecule has 0 N–H and O–H groups in total. The van der Waals surface area contributed by atoms with Crippen LogP contribution in [-0.2, 0) is 16.6 Å². The molecule has 0 saturated carbocycles. The zero-order chi connectivity index (χ0) is 18.5. The Bertz CT molecular complexity index is 1090. The molecule has 1 aliphatic rings. The van der Waals surface area contributed by atoms with E-state index in [1.54, 1.807) is 31.4 Å². The van der Waals surface area contributed by atoms with Gasteiger partial charge in [0.2, 0.25) is 0 Å². The van der Waals surface area contributed by atoms with Crippen LogP contribution in [0.2, 0.25) is 4.34 Å². The Morgan fingerprint density at radius 1 is 1.12 bits per heavy atom. The Balaban J connectivity index is 1.89. The number of ether oxygens (including phenoxy) is 1. The van der Waals surface area contributed by atoms with Crippen LogP contribution in [0.25, 0.3) is 10.4 Å². The van der Waals surface area contributed by atoms with Crippen LogP contribution in [0.3, 0.4) is 0 Å². The monoisotopic (exact) mass is 405 g/mol. The van der Waals surface area contributed by atoms with Crippen LogP contribution >= 0.6 is 22.9 Å². The Kier molecular flexibility index (Phi) is 4.22. The number of rotatable bonds is 3. The third-order valence-electron chi connectivity index (χ3n) is 4.53. The number of hydrogen-bond acceptors (Lipinski definition) is 4. The maximum atomic E-state index is 13.4. The van der Waals surface area contributed by atoms with Gasteiger partial charge in [-0.05, 0) is 42.3 Å². The molecule has 4 rings (SSSR count). The van der Waals surface area contributed by atoms with E-state index in [4.69, 9.17) is 16.3 Å². The van der Waals surface area contributed by atoms with Gasteiger partial charge in [0.15, 0.2) is 0 Å². The first-order chi connectivity index (χ1) is 12.4. The summed E-state index contributed by atoms with van der Waals surface area (Å²) in [5.41, 5.74) is 3.48. The van der Waals surface area contributed by atoms with Crippen molar-refractivity contribution in [3.63, 3.8) is 0 Å². The summed E-state index contributed by atoms with van der Waals surface area (Å²) in [6.45, 7) is 2.15. The zero-order valence-corrected chi connectivity index (χ0v) is 16.6. The highest BCUT2D eigenvalue weighted by molar-refractivity contribution is 7.92. The summed E-state index contributed by atoms with van der Waals surface area (Å²) in [6, 6.07) is 14.3. The number of sulfonamides is 1. The van der Waals surface area contributed by atoms with Crippen LogP contribution in [0.15, 0.2) is 53.4 Å². The molecule has 2 heterocycles. The molecular formula is C19H16ClNO3S2. The van der Waals surface area contributed by atoms with E-state index in [0.717, 1.165) is 21.6 Å². The smallest absolute Gasteiger partial charge is 0.264 e. The molecule has 3 aromatic rings. The fraction of sp³-hybridized carbons (Fsp3) is 0.158. The fourth-order valence-corrected chi connectivity index (χ4v) is 6.14. The molecule has 0 atom stereocenters. The molecule has 0 saturated heterocycles. The maximum Gasteiger partial charge on any atom is 0.264 e. The van der Waals surface area contributed by atoms with Gasteiger partial charge in [-0.3, -0.25) is 4.31 Å². The van der Waals surface area contributed by atoms with Gasteiger partial charge in [-0.15, -0.1) is 11.3 Å². The van der Waals surface area contributed by atoms with Crippen LogP contribution in [-0.4, -0.2) is 15.5 Å². The van der Waals surface area contributed by atoms with Crippen LogP contribution < -0.4 is 9.04 Å². The first-order valence-electron chi connectivity index (χ1n) is 7.97. The Hall–Kier alpha value is -2.02. The van der Waals surface area contributed by atoms with Gasteiger partial charge in [0.1, 0.15) is 5.75 Å². The van der Waals surface area contributed by atoms with Crippen molar-refractivity contribution in [1.82, 2.24) is 0 Å². The minimum absolute atomic E-state index is 0.227. The number of halogens is 1. The molecule has 0 radical (unpaired) electrons. The highest BCUT2D eigenvalue weighted by atomic mass is 35.5. The zero-order valence-electron chi connectivity index (χ0n) is 14.2.